The highest BCUT2D eigenvalue weighted by Crippen LogP contribution is 2.37. The molecule has 0 saturated heterocycles. The maximum absolute atomic E-state index is 13.2. The Bertz CT molecular complexity index is 1120. The SMILES string of the molecule is Cc1ccc2c(c1)c(OC(C)C)c(C(=O)Nc1nn[nH]n1)n2-c1ccccc1. The Hall–Kier alpha value is -3.68. The molecule has 0 radical (unpaired) electrons. The van der Waals surface area contributed by atoms with Crippen LogP contribution in [0.3, 0.4) is 0 Å². The molecule has 142 valence electrons. The van der Waals surface area contributed by atoms with Crippen LogP contribution in [0.1, 0.15) is 29.9 Å². The molecule has 2 aromatic carbocycles. The number of carbonyl (C=O) groups is 1. The second-order valence-corrected chi connectivity index (χ2v) is 6.73. The first kappa shape index (κ1) is 17.7. The summed E-state index contributed by atoms with van der Waals surface area (Å²) >= 11 is 0. The zero-order valence-corrected chi connectivity index (χ0v) is 15.8. The molecule has 1 amide bonds. The number of amides is 1. The third-order valence-corrected chi connectivity index (χ3v) is 4.23. The van der Waals surface area contributed by atoms with E-state index in [1.165, 1.54) is 0 Å². The Kier molecular flexibility index (Phi) is 4.52. The van der Waals surface area contributed by atoms with E-state index in [2.05, 4.69) is 25.9 Å². The zero-order chi connectivity index (χ0) is 19.7. The lowest BCUT2D eigenvalue weighted by molar-refractivity contribution is 0.101. The summed E-state index contributed by atoms with van der Waals surface area (Å²) in [5.41, 5.74) is 3.20. The fourth-order valence-electron chi connectivity index (χ4n) is 3.16. The van der Waals surface area contributed by atoms with E-state index in [4.69, 9.17) is 4.74 Å². The Balaban J connectivity index is 1.99. The molecular weight excluding hydrogens is 356 g/mol. The quantitative estimate of drug-likeness (QED) is 0.556. The van der Waals surface area contributed by atoms with E-state index in [9.17, 15) is 4.79 Å². The summed E-state index contributed by atoms with van der Waals surface area (Å²) in [6.45, 7) is 5.88. The van der Waals surface area contributed by atoms with Gasteiger partial charge in [-0.05, 0) is 50.3 Å². The van der Waals surface area contributed by atoms with Gasteiger partial charge in [-0.1, -0.05) is 34.9 Å². The average Bonchev–Trinajstić information content (AvgIpc) is 3.28. The number of rotatable bonds is 5. The average molecular weight is 376 g/mol. The van der Waals surface area contributed by atoms with Crippen LogP contribution in [0.25, 0.3) is 16.6 Å². The minimum Gasteiger partial charge on any atom is -0.488 e. The van der Waals surface area contributed by atoms with Crippen molar-refractivity contribution in [2.75, 3.05) is 5.32 Å². The fourth-order valence-corrected chi connectivity index (χ4v) is 3.16. The van der Waals surface area contributed by atoms with Crippen LogP contribution >= 0.6 is 0 Å². The van der Waals surface area contributed by atoms with Gasteiger partial charge in [0.2, 0.25) is 0 Å². The molecule has 4 aromatic rings. The molecule has 0 aliphatic carbocycles. The Labute approximate surface area is 161 Å². The maximum atomic E-state index is 13.2. The van der Waals surface area contributed by atoms with Crippen molar-refractivity contribution in [2.45, 2.75) is 26.9 Å². The van der Waals surface area contributed by atoms with Crippen LogP contribution in [0.15, 0.2) is 48.5 Å². The molecule has 2 heterocycles. The van der Waals surface area contributed by atoms with Crippen molar-refractivity contribution in [2.24, 2.45) is 0 Å². The highest BCUT2D eigenvalue weighted by molar-refractivity contribution is 6.10. The third-order valence-electron chi connectivity index (χ3n) is 4.23. The van der Waals surface area contributed by atoms with Gasteiger partial charge in [-0.3, -0.25) is 10.1 Å². The summed E-state index contributed by atoms with van der Waals surface area (Å²) in [6, 6.07) is 15.7. The summed E-state index contributed by atoms with van der Waals surface area (Å²) < 4.78 is 8.00. The number of anilines is 1. The number of aromatic nitrogens is 5. The molecule has 0 spiro atoms. The Morgan fingerprint density at radius 3 is 2.64 bits per heavy atom. The topological polar surface area (TPSA) is 97.7 Å². The van der Waals surface area contributed by atoms with E-state index >= 15 is 0 Å². The number of hydrogen-bond acceptors (Lipinski definition) is 5. The standard InChI is InChI=1S/C20H20N6O2/c1-12(2)28-18-15-11-13(3)9-10-16(15)26(14-7-5-4-6-8-14)17(18)19(27)21-20-22-24-25-23-20/h4-12H,1-3H3,(H2,21,22,23,24,25,27). The van der Waals surface area contributed by atoms with Crippen molar-refractivity contribution in [3.63, 3.8) is 0 Å². The first-order valence-electron chi connectivity index (χ1n) is 8.96. The molecule has 2 aromatic heterocycles. The number of nitrogens with zero attached hydrogens (tertiary/aromatic N) is 4. The summed E-state index contributed by atoms with van der Waals surface area (Å²) in [4.78, 5) is 13.2. The second kappa shape index (κ2) is 7.15. The first-order chi connectivity index (χ1) is 13.5. The fraction of sp³-hybridized carbons (Fsp3) is 0.200. The van der Waals surface area contributed by atoms with Crippen molar-refractivity contribution in [1.82, 2.24) is 25.2 Å². The molecule has 0 saturated carbocycles. The maximum Gasteiger partial charge on any atom is 0.279 e. The van der Waals surface area contributed by atoms with Crippen molar-refractivity contribution < 1.29 is 9.53 Å². The van der Waals surface area contributed by atoms with Gasteiger partial charge in [-0.25, -0.2) is 0 Å². The normalized spacial score (nSPS) is 11.1. The van der Waals surface area contributed by atoms with E-state index in [1.807, 2.05) is 73.9 Å². The molecule has 0 bridgehead atoms. The molecule has 4 rings (SSSR count). The number of fused-ring (bicyclic) bond motifs is 1. The number of H-pyrrole nitrogens is 1. The Morgan fingerprint density at radius 1 is 1.18 bits per heavy atom. The number of aromatic amines is 1. The monoisotopic (exact) mass is 376 g/mol. The second-order valence-electron chi connectivity index (χ2n) is 6.73. The highest BCUT2D eigenvalue weighted by Gasteiger charge is 2.26. The largest absolute Gasteiger partial charge is 0.488 e. The van der Waals surface area contributed by atoms with Gasteiger partial charge in [-0.2, -0.15) is 5.21 Å². The molecule has 0 unspecified atom stereocenters. The van der Waals surface area contributed by atoms with Crippen molar-refractivity contribution in [1.29, 1.82) is 0 Å². The van der Waals surface area contributed by atoms with Crippen LogP contribution in [0.4, 0.5) is 5.95 Å². The molecule has 28 heavy (non-hydrogen) atoms. The van der Waals surface area contributed by atoms with E-state index in [1.54, 1.807) is 0 Å². The number of nitrogens with one attached hydrogen (secondary N) is 2. The van der Waals surface area contributed by atoms with Crippen molar-refractivity contribution in [3.05, 3.63) is 59.8 Å². The molecule has 8 nitrogen and oxygen atoms in total. The summed E-state index contributed by atoms with van der Waals surface area (Å²) in [7, 11) is 0. The van der Waals surface area contributed by atoms with Crippen molar-refractivity contribution >= 4 is 22.8 Å². The molecule has 0 fully saturated rings. The highest BCUT2D eigenvalue weighted by atomic mass is 16.5. The number of carbonyl (C=O) groups excluding carboxylic acids is 1. The molecule has 8 heteroatoms. The van der Waals surface area contributed by atoms with Gasteiger partial charge in [-0.15, -0.1) is 5.10 Å². The molecule has 2 N–H and O–H groups in total. The molecule has 0 aliphatic heterocycles. The van der Waals surface area contributed by atoms with Gasteiger partial charge >= 0.3 is 0 Å². The minimum absolute atomic E-state index is 0.0987. The number of ether oxygens (including phenoxy) is 1. The van der Waals surface area contributed by atoms with Gasteiger partial charge < -0.3 is 9.30 Å². The lowest BCUT2D eigenvalue weighted by atomic mass is 10.1. The molecule has 0 aliphatic rings. The van der Waals surface area contributed by atoms with Crippen LogP contribution in [0.5, 0.6) is 5.75 Å². The number of aryl methyl sites for hydroxylation is 1. The van der Waals surface area contributed by atoms with Crippen molar-refractivity contribution in [3.8, 4) is 11.4 Å². The van der Waals surface area contributed by atoms with Gasteiger partial charge in [0.25, 0.3) is 11.9 Å². The minimum atomic E-state index is -0.380. The van der Waals surface area contributed by atoms with Crippen LogP contribution in [-0.4, -0.2) is 37.2 Å². The molecule has 0 atom stereocenters. The number of hydrogen-bond donors (Lipinski definition) is 2. The van der Waals surface area contributed by atoms with Gasteiger partial charge in [0.1, 0.15) is 0 Å². The van der Waals surface area contributed by atoms with Gasteiger partial charge in [0.15, 0.2) is 11.4 Å². The lowest BCUT2D eigenvalue weighted by Gasteiger charge is -2.13. The number of para-hydroxylation sites is 1. The predicted molar refractivity (Wildman–Crippen MR) is 106 cm³/mol. The van der Waals surface area contributed by atoms with Crippen LogP contribution in [0, 0.1) is 6.92 Å². The van der Waals surface area contributed by atoms with Gasteiger partial charge in [0, 0.05) is 11.1 Å². The smallest absolute Gasteiger partial charge is 0.279 e. The third kappa shape index (κ3) is 3.20. The van der Waals surface area contributed by atoms with Crippen LogP contribution in [0.2, 0.25) is 0 Å². The summed E-state index contributed by atoms with van der Waals surface area (Å²) in [6.07, 6.45) is -0.105. The summed E-state index contributed by atoms with van der Waals surface area (Å²) in [5, 5.41) is 17.0. The lowest BCUT2D eigenvalue weighted by Crippen LogP contribution is -2.19. The van der Waals surface area contributed by atoms with Crippen LogP contribution in [-0.2, 0) is 0 Å². The van der Waals surface area contributed by atoms with E-state index in [-0.39, 0.29) is 18.0 Å². The summed E-state index contributed by atoms with van der Waals surface area (Å²) in [5.74, 6) is 0.245. The Morgan fingerprint density at radius 2 is 1.96 bits per heavy atom. The zero-order valence-electron chi connectivity index (χ0n) is 15.8. The van der Waals surface area contributed by atoms with E-state index in [0.29, 0.717) is 11.4 Å². The molecular formula is C20H20N6O2. The van der Waals surface area contributed by atoms with Crippen LogP contribution < -0.4 is 10.1 Å². The number of benzene rings is 2. The number of tetrazole rings is 1. The van der Waals surface area contributed by atoms with E-state index in [0.717, 1.165) is 22.2 Å². The van der Waals surface area contributed by atoms with Gasteiger partial charge in [0.05, 0.1) is 11.6 Å². The predicted octanol–water partition coefficient (Wildman–Crippen LogP) is 3.49. The van der Waals surface area contributed by atoms with E-state index < -0.39 is 0 Å². The first-order valence-corrected chi connectivity index (χ1v) is 8.96.